The number of nitrogens with zero attached hydrogens (tertiary/aromatic N) is 4. The van der Waals surface area contributed by atoms with Crippen molar-refractivity contribution in [3.8, 4) is 5.88 Å². The first-order valence-corrected chi connectivity index (χ1v) is 15.9. The van der Waals surface area contributed by atoms with Crippen LogP contribution in [0.5, 0.6) is 5.88 Å². The number of carbonyl (C=O) groups is 2. The summed E-state index contributed by atoms with van der Waals surface area (Å²) in [6.07, 6.45) is -3.51. The van der Waals surface area contributed by atoms with Gasteiger partial charge in [-0.2, -0.15) is 23.4 Å². The predicted octanol–water partition coefficient (Wildman–Crippen LogP) is 5.06. The Kier molecular flexibility index (Phi) is 9.56. The lowest BCUT2D eigenvalue weighted by Crippen LogP contribution is -2.44. The minimum atomic E-state index is -4.74. The SMILES string of the molecule is COC(=O)C(C1CCN(C(=O)OC(C)(C)C)CC1)n1c(O)c(C(Cc2ccc(Cl)cc2C(F)(F)F)=c2ccc3c(c2)C=NN=3)sc1=O. The van der Waals surface area contributed by atoms with Crippen molar-refractivity contribution >= 4 is 46.8 Å². The van der Waals surface area contributed by atoms with E-state index in [9.17, 15) is 32.7 Å². The van der Waals surface area contributed by atoms with E-state index in [2.05, 4.69) is 10.2 Å². The maximum absolute atomic E-state index is 14.1. The van der Waals surface area contributed by atoms with Crippen molar-refractivity contribution in [3.05, 3.63) is 83.2 Å². The summed E-state index contributed by atoms with van der Waals surface area (Å²) in [5.41, 5.74) is -0.988. The summed E-state index contributed by atoms with van der Waals surface area (Å²) in [6.45, 7) is 5.72. The van der Waals surface area contributed by atoms with E-state index >= 15 is 0 Å². The van der Waals surface area contributed by atoms with Gasteiger partial charge in [0.05, 0.1) is 29.1 Å². The van der Waals surface area contributed by atoms with Gasteiger partial charge in [-0.15, -0.1) is 0 Å². The first-order valence-electron chi connectivity index (χ1n) is 14.7. The molecular formula is C32H32ClF3N4O6S. The Labute approximate surface area is 276 Å². The first-order chi connectivity index (χ1) is 22.1. The number of aromatic nitrogens is 1. The summed E-state index contributed by atoms with van der Waals surface area (Å²) in [5.74, 6) is -1.88. The molecule has 1 unspecified atom stereocenters. The molecule has 0 bridgehead atoms. The van der Waals surface area contributed by atoms with Crippen LogP contribution in [0.4, 0.5) is 18.0 Å². The maximum Gasteiger partial charge on any atom is 0.416 e. The normalized spacial score (nSPS) is 16.4. The summed E-state index contributed by atoms with van der Waals surface area (Å²) in [7, 11) is 1.16. The van der Waals surface area contributed by atoms with Gasteiger partial charge in [-0.1, -0.05) is 35.1 Å². The standard InChI is InChI=1S/C32H32ClF3N4O6S/c1-31(2,3)46-29(43)39-11-9-17(10-12-39)25(28(42)45-4)40-27(41)26(47-30(40)44)22(18-6-8-24-20(13-18)16-37-38-24)14-19-5-7-21(33)15-23(19)32(34,35)36/h5-8,13,15-17,25,41H,9-12,14H2,1-4H3. The van der Waals surface area contributed by atoms with Crippen molar-refractivity contribution in [2.45, 2.75) is 57.9 Å². The molecule has 1 saturated heterocycles. The van der Waals surface area contributed by atoms with Crippen molar-refractivity contribution in [1.82, 2.24) is 9.47 Å². The number of carbonyl (C=O) groups excluding carboxylic acids is 2. The van der Waals surface area contributed by atoms with E-state index in [0.29, 0.717) is 40.3 Å². The van der Waals surface area contributed by atoms with Gasteiger partial charge in [-0.25, -0.2) is 9.59 Å². The predicted molar refractivity (Wildman–Crippen MR) is 169 cm³/mol. The van der Waals surface area contributed by atoms with Crippen LogP contribution < -0.4 is 15.4 Å². The number of aromatic hydroxyl groups is 1. The third-order valence-corrected chi connectivity index (χ3v) is 9.17. The fourth-order valence-electron chi connectivity index (χ4n) is 5.73. The van der Waals surface area contributed by atoms with Gasteiger partial charge in [0.25, 0.3) is 0 Å². The third kappa shape index (κ3) is 7.38. The highest BCUT2D eigenvalue weighted by Crippen LogP contribution is 2.39. The van der Waals surface area contributed by atoms with Gasteiger partial charge in [0.2, 0.25) is 5.88 Å². The molecule has 2 aliphatic rings. The molecule has 1 atom stereocenters. The number of halogens is 4. The highest BCUT2D eigenvalue weighted by Gasteiger charge is 2.39. The number of alkyl halides is 3. The molecule has 15 heteroatoms. The number of benzene rings is 2. The van der Waals surface area contributed by atoms with E-state index in [1.807, 2.05) is 0 Å². The minimum Gasteiger partial charge on any atom is -0.493 e. The Bertz CT molecular complexity index is 1920. The van der Waals surface area contributed by atoms with Crippen molar-refractivity contribution in [1.29, 1.82) is 0 Å². The molecule has 1 fully saturated rings. The van der Waals surface area contributed by atoms with Crippen LogP contribution in [0.15, 0.2) is 51.4 Å². The average Bonchev–Trinajstić information content (AvgIpc) is 3.59. The number of fused-ring (bicyclic) bond motifs is 1. The Hall–Kier alpha value is -4.17. The summed E-state index contributed by atoms with van der Waals surface area (Å²) in [4.78, 5) is 40.3. The van der Waals surface area contributed by atoms with Gasteiger partial charge in [-0.3, -0.25) is 9.36 Å². The summed E-state index contributed by atoms with van der Waals surface area (Å²) >= 11 is 6.54. The van der Waals surface area contributed by atoms with Gasteiger partial charge in [-0.05, 0) is 80.2 Å². The van der Waals surface area contributed by atoms with Gasteiger partial charge >= 0.3 is 23.1 Å². The molecule has 5 rings (SSSR count). The van der Waals surface area contributed by atoms with E-state index < -0.39 is 52.1 Å². The number of thiazole rings is 1. The maximum atomic E-state index is 14.1. The molecule has 0 aliphatic carbocycles. The van der Waals surface area contributed by atoms with Crippen LogP contribution in [0.3, 0.4) is 0 Å². The fourth-order valence-corrected chi connectivity index (χ4v) is 6.88. The monoisotopic (exact) mass is 692 g/mol. The second-order valence-corrected chi connectivity index (χ2v) is 13.6. The molecule has 2 aliphatic heterocycles. The van der Waals surface area contributed by atoms with Crippen LogP contribution in [-0.4, -0.2) is 58.7 Å². The number of piperidine rings is 1. The van der Waals surface area contributed by atoms with E-state index in [1.54, 1.807) is 39.0 Å². The van der Waals surface area contributed by atoms with Crippen LogP contribution in [0, 0.1) is 5.92 Å². The molecule has 3 aromatic rings. The van der Waals surface area contributed by atoms with Gasteiger partial charge < -0.3 is 19.5 Å². The van der Waals surface area contributed by atoms with Gasteiger partial charge in [0.15, 0.2) is 0 Å². The Morgan fingerprint density at radius 1 is 1.13 bits per heavy atom. The number of ether oxygens (including phenoxy) is 2. The zero-order chi connectivity index (χ0) is 34.3. The summed E-state index contributed by atoms with van der Waals surface area (Å²) < 4.78 is 53.8. The molecule has 0 radical (unpaired) electrons. The van der Waals surface area contributed by atoms with Crippen molar-refractivity contribution in [3.63, 3.8) is 0 Å². The first kappa shape index (κ1) is 34.2. The van der Waals surface area contributed by atoms with Crippen LogP contribution in [0.25, 0.3) is 5.57 Å². The molecule has 10 nitrogen and oxygen atoms in total. The molecule has 1 N–H and O–H groups in total. The average molecular weight is 693 g/mol. The minimum absolute atomic E-state index is 0.00927. The number of methoxy groups -OCH3 is 1. The summed E-state index contributed by atoms with van der Waals surface area (Å²) in [6, 6.07) is 7.07. The largest absolute Gasteiger partial charge is 0.493 e. The Balaban J connectivity index is 1.59. The molecule has 47 heavy (non-hydrogen) atoms. The molecule has 2 aromatic carbocycles. The Morgan fingerprint density at radius 3 is 2.47 bits per heavy atom. The van der Waals surface area contributed by atoms with Crippen molar-refractivity contribution < 1.29 is 37.3 Å². The molecule has 0 spiro atoms. The highest BCUT2D eigenvalue weighted by molar-refractivity contribution is 7.10. The molecule has 250 valence electrons. The van der Waals surface area contributed by atoms with E-state index in [0.717, 1.165) is 17.7 Å². The lowest BCUT2D eigenvalue weighted by atomic mass is 9.89. The zero-order valence-electron chi connectivity index (χ0n) is 25.9. The number of likely N-dealkylation sites (tertiary alicyclic amines) is 1. The summed E-state index contributed by atoms with van der Waals surface area (Å²) in [5, 5.41) is 20.4. The van der Waals surface area contributed by atoms with E-state index in [-0.39, 0.29) is 40.5 Å². The molecule has 3 heterocycles. The topological polar surface area (TPSA) is 123 Å². The van der Waals surface area contributed by atoms with Gasteiger partial charge in [0, 0.05) is 30.1 Å². The fraction of sp³-hybridized carbons (Fsp3) is 0.406. The second kappa shape index (κ2) is 13.1. The van der Waals surface area contributed by atoms with Gasteiger partial charge in [0.1, 0.15) is 11.6 Å². The lowest BCUT2D eigenvalue weighted by Gasteiger charge is -2.36. The molecule has 1 amide bonds. The van der Waals surface area contributed by atoms with Crippen LogP contribution in [-0.2, 0) is 26.9 Å². The number of hydrogen-bond acceptors (Lipinski definition) is 9. The van der Waals surface area contributed by atoms with Crippen LogP contribution in [0.1, 0.15) is 61.2 Å². The number of rotatable bonds is 6. The quantitative estimate of drug-likeness (QED) is 0.361. The highest BCUT2D eigenvalue weighted by atomic mass is 35.5. The van der Waals surface area contributed by atoms with Crippen LogP contribution in [0.2, 0.25) is 5.02 Å². The number of hydrogen-bond donors (Lipinski definition) is 1. The molecule has 0 saturated carbocycles. The smallest absolute Gasteiger partial charge is 0.416 e. The van der Waals surface area contributed by atoms with E-state index in [4.69, 9.17) is 21.1 Å². The number of amides is 1. The number of esters is 1. The molecule has 1 aromatic heterocycles. The van der Waals surface area contributed by atoms with Crippen molar-refractivity contribution in [2.24, 2.45) is 16.1 Å². The Morgan fingerprint density at radius 2 is 1.83 bits per heavy atom. The second-order valence-electron chi connectivity index (χ2n) is 12.2. The van der Waals surface area contributed by atoms with E-state index in [1.165, 1.54) is 23.2 Å². The molecular weight excluding hydrogens is 661 g/mol. The van der Waals surface area contributed by atoms with Crippen LogP contribution >= 0.6 is 22.9 Å². The zero-order valence-corrected chi connectivity index (χ0v) is 27.5. The third-order valence-electron chi connectivity index (χ3n) is 7.93. The van der Waals surface area contributed by atoms with Crippen molar-refractivity contribution in [2.75, 3.05) is 20.2 Å². The lowest BCUT2D eigenvalue weighted by molar-refractivity contribution is -0.147.